The molecule has 0 aromatic carbocycles. The van der Waals surface area contributed by atoms with Crippen LogP contribution in [0.1, 0.15) is 200 Å². The molecular weight excluding hydrogens is 815 g/mol. The molecule has 0 amide bonds. The Bertz CT molecular complexity index is 1230. The van der Waals surface area contributed by atoms with E-state index in [-0.39, 0.29) is 12.8 Å². The smallest absolute Gasteiger partial charge is 0.462 e. The van der Waals surface area contributed by atoms with Crippen LogP contribution in [0.15, 0.2) is 36.5 Å². The number of aliphatic hydroxyl groups excluding tert-OH is 5. The molecule has 0 aromatic rings. The van der Waals surface area contributed by atoms with E-state index in [9.17, 15) is 44.6 Å². The minimum atomic E-state index is -5.12. The van der Waals surface area contributed by atoms with Gasteiger partial charge in [0.15, 0.2) is 6.10 Å². The molecule has 0 bridgehead atoms. The summed E-state index contributed by atoms with van der Waals surface area (Å²) in [7, 11) is -5.12. The SMILES string of the molecule is CCCCC/C=C\C/C=C\C/C=C\CCCCCCCCC(=O)OC(COC(=O)CCCCCCCCCCCCCCCC)COP(=O)(O)OC1C(O)C(O)C(O)C(O)C1O. The first kappa shape index (κ1) is 58.1. The number of carbonyl (C=O) groups excluding carboxylic acids is 2. The minimum Gasteiger partial charge on any atom is -0.462 e. The van der Waals surface area contributed by atoms with Crippen LogP contribution < -0.4 is 0 Å². The van der Waals surface area contributed by atoms with E-state index in [0.29, 0.717) is 12.8 Å². The zero-order valence-corrected chi connectivity index (χ0v) is 39.3. The van der Waals surface area contributed by atoms with Crippen LogP contribution in [-0.4, -0.2) is 98.3 Å². The molecule has 0 aliphatic heterocycles. The Balaban J connectivity index is 2.44. The normalized spacial score (nSPS) is 22.1. The number of hydrogen-bond donors (Lipinski definition) is 6. The molecular formula is C48H87O13P. The van der Waals surface area contributed by atoms with Crippen molar-refractivity contribution in [2.45, 2.75) is 243 Å². The summed E-state index contributed by atoms with van der Waals surface area (Å²) >= 11 is 0. The van der Waals surface area contributed by atoms with Crippen LogP contribution in [0.25, 0.3) is 0 Å². The number of allylic oxidation sites excluding steroid dienone is 6. The summed E-state index contributed by atoms with van der Waals surface area (Å²) in [5.74, 6) is -1.11. The molecule has 6 N–H and O–H groups in total. The lowest BCUT2D eigenvalue weighted by Gasteiger charge is -2.41. The van der Waals surface area contributed by atoms with Crippen molar-refractivity contribution in [3.8, 4) is 0 Å². The van der Waals surface area contributed by atoms with Gasteiger partial charge in [-0.05, 0) is 51.4 Å². The molecule has 6 unspecified atom stereocenters. The maximum atomic E-state index is 12.8. The third kappa shape index (κ3) is 30.3. The monoisotopic (exact) mass is 903 g/mol. The van der Waals surface area contributed by atoms with E-state index in [1.165, 1.54) is 83.5 Å². The third-order valence-corrected chi connectivity index (χ3v) is 12.2. The Hall–Kier alpha value is -1.93. The highest BCUT2D eigenvalue weighted by Gasteiger charge is 2.51. The highest BCUT2D eigenvalue weighted by atomic mass is 31.2. The van der Waals surface area contributed by atoms with Gasteiger partial charge in [0.1, 0.15) is 43.2 Å². The fourth-order valence-corrected chi connectivity index (χ4v) is 8.27. The van der Waals surface area contributed by atoms with E-state index in [1.54, 1.807) is 0 Å². The van der Waals surface area contributed by atoms with Crippen LogP contribution in [-0.2, 0) is 32.7 Å². The number of phosphoric acid groups is 1. The van der Waals surface area contributed by atoms with Crippen LogP contribution in [0, 0.1) is 0 Å². The first-order valence-corrected chi connectivity index (χ1v) is 25.8. The molecule has 6 atom stereocenters. The number of aliphatic hydroxyl groups is 5. The van der Waals surface area contributed by atoms with E-state index < -0.39 is 75.7 Å². The molecule has 14 heteroatoms. The fraction of sp³-hybridized carbons (Fsp3) is 0.833. The highest BCUT2D eigenvalue weighted by Crippen LogP contribution is 2.47. The van der Waals surface area contributed by atoms with Crippen molar-refractivity contribution in [1.29, 1.82) is 0 Å². The van der Waals surface area contributed by atoms with Gasteiger partial charge in [0.2, 0.25) is 0 Å². The zero-order valence-electron chi connectivity index (χ0n) is 38.4. The van der Waals surface area contributed by atoms with Crippen molar-refractivity contribution < 1.29 is 63.1 Å². The summed E-state index contributed by atoms with van der Waals surface area (Å²) in [5.41, 5.74) is 0. The fourth-order valence-electron chi connectivity index (χ4n) is 7.29. The molecule has 0 radical (unpaired) electrons. The molecule has 0 saturated heterocycles. The van der Waals surface area contributed by atoms with E-state index in [1.807, 2.05) is 0 Å². The number of carbonyl (C=O) groups is 2. The van der Waals surface area contributed by atoms with Crippen LogP contribution in [0.4, 0.5) is 0 Å². The minimum absolute atomic E-state index is 0.0836. The van der Waals surface area contributed by atoms with Crippen LogP contribution in [0.2, 0.25) is 0 Å². The average molecular weight is 903 g/mol. The van der Waals surface area contributed by atoms with E-state index in [2.05, 4.69) is 50.3 Å². The zero-order chi connectivity index (χ0) is 45.7. The summed E-state index contributed by atoms with van der Waals surface area (Å²) in [4.78, 5) is 35.7. The van der Waals surface area contributed by atoms with Gasteiger partial charge >= 0.3 is 19.8 Å². The number of unbranched alkanes of at least 4 members (excludes halogenated alkanes) is 22. The van der Waals surface area contributed by atoms with Crippen LogP contribution >= 0.6 is 7.82 Å². The summed E-state index contributed by atoms with van der Waals surface area (Å²) in [5, 5.41) is 50.2. The van der Waals surface area contributed by atoms with Crippen molar-refractivity contribution in [2.75, 3.05) is 13.2 Å². The predicted octanol–water partition coefficient (Wildman–Crippen LogP) is 9.78. The molecule has 362 valence electrons. The van der Waals surface area contributed by atoms with Gasteiger partial charge in [-0.3, -0.25) is 18.6 Å². The molecule has 13 nitrogen and oxygen atoms in total. The van der Waals surface area contributed by atoms with Gasteiger partial charge in [-0.15, -0.1) is 0 Å². The Labute approximate surface area is 374 Å². The Morgan fingerprint density at radius 2 is 0.871 bits per heavy atom. The third-order valence-electron chi connectivity index (χ3n) is 11.2. The maximum Gasteiger partial charge on any atom is 0.472 e. The van der Waals surface area contributed by atoms with Crippen molar-refractivity contribution in [1.82, 2.24) is 0 Å². The second-order valence-electron chi connectivity index (χ2n) is 17.0. The summed E-state index contributed by atoms with van der Waals surface area (Å²) in [6, 6.07) is 0. The number of esters is 2. The lowest BCUT2D eigenvalue weighted by atomic mass is 9.85. The van der Waals surface area contributed by atoms with Crippen molar-refractivity contribution in [3.05, 3.63) is 36.5 Å². The molecule has 1 fully saturated rings. The number of ether oxygens (including phenoxy) is 2. The Morgan fingerprint density at radius 1 is 0.500 bits per heavy atom. The lowest BCUT2D eigenvalue weighted by molar-refractivity contribution is -0.220. The predicted molar refractivity (Wildman–Crippen MR) is 244 cm³/mol. The molecule has 1 aliphatic carbocycles. The van der Waals surface area contributed by atoms with E-state index in [4.69, 9.17) is 18.5 Å². The van der Waals surface area contributed by atoms with Gasteiger partial charge in [0.25, 0.3) is 0 Å². The Kier molecular flexibility index (Phi) is 35.9. The topological polar surface area (TPSA) is 210 Å². The first-order valence-electron chi connectivity index (χ1n) is 24.3. The maximum absolute atomic E-state index is 12.8. The second-order valence-corrected chi connectivity index (χ2v) is 18.4. The molecule has 62 heavy (non-hydrogen) atoms. The van der Waals surface area contributed by atoms with E-state index >= 15 is 0 Å². The molecule has 1 aliphatic rings. The quantitative estimate of drug-likeness (QED) is 0.0147. The lowest BCUT2D eigenvalue weighted by Crippen LogP contribution is -2.64. The van der Waals surface area contributed by atoms with Gasteiger partial charge in [-0.25, -0.2) is 4.57 Å². The summed E-state index contributed by atoms with van der Waals surface area (Å²) in [6.07, 6.45) is 30.4. The summed E-state index contributed by atoms with van der Waals surface area (Å²) < 4.78 is 33.6. The molecule has 1 rings (SSSR count). The van der Waals surface area contributed by atoms with Crippen molar-refractivity contribution in [3.63, 3.8) is 0 Å². The average Bonchev–Trinajstić information content (AvgIpc) is 3.25. The van der Waals surface area contributed by atoms with Crippen molar-refractivity contribution >= 4 is 19.8 Å². The van der Waals surface area contributed by atoms with Gasteiger partial charge in [-0.1, -0.05) is 172 Å². The highest BCUT2D eigenvalue weighted by molar-refractivity contribution is 7.47. The number of phosphoric ester groups is 1. The largest absolute Gasteiger partial charge is 0.472 e. The molecule has 1 saturated carbocycles. The Morgan fingerprint density at radius 3 is 1.35 bits per heavy atom. The van der Waals surface area contributed by atoms with Crippen molar-refractivity contribution in [2.24, 2.45) is 0 Å². The van der Waals surface area contributed by atoms with E-state index in [0.717, 1.165) is 77.0 Å². The molecule has 0 aromatic heterocycles. The van der Waals surface area contributed by atoms with Gasteiger partial charge in [-0.2, -0.15) is 0 Å². The number of hydrogen-bond acceptors (Lipinski definition) is 12. The molecule has 0 spiro atoms. The van der Waals surface area contributed by atoms with Crippen LogP contribution in [0.5, 0.6) is 0 Å². The number of rotatable bonds is 40. The molecule has 0 heterocycles. The first-order chi connectivity index (χ1) is 29.9. The second kappa shape index (κ2) is 38.3. The standard InChI is InChI=1S/C48H87O13P/c1-3-5-7-9-11-13-15-17-19-20-21-22-23-25-27-29-31-33-35-37-42(50)60-40(39-59-62(56,57)61-48-46(54)44(52)43(51)45(53)47(48)55)38-58-41(49)36-34-32-30-28-26-24-18-16-14-12-10-8-6-4-2/h11,13,17,19,21-22,40,43-48,51-55H,3-10,12,14-16,18,20,23-39H2,1-2H3,(H,56,57)/b13-11-,19-17-,22-21-. The summed E-state index contributed by atoms with van der Waals surface area (Å²) in [6.45, 7) is 3.27. The van der Waals surface area contributed by atoms with Gasteiger partial charge < -0.3 is 39.9 Å². The van der Waals surface area contributed by atoms with Gasteiger partial charge in [0, 0.05) is 12.8 Å². The van der Waals surface area contributed by atoms with Gasteiger partial charge in [0.05, 0.1) is 6.61 Å². The van der Waals surface area contributed by atoms with Crippen LogP contribution in [0.3, 0.4) is 0 Å².